The predicted octanol–water partition coefficient (Wildman–Crippen LogP) is 6.73. The Morgan fingerprint density at radius 2 is 2.00 bits per heavy atom. The molecule has 4 aromatic rings. The molecule has 0 aliphatic heterocycles. The van der Waals surface area contributed by atoms with Crippen LogP contribution in [0.5, 0.6) is 11.5 Å². The molecule has 0 aliphatic rings. The van der Waals surface area contributed by atoms with E-state index in [1.807, 2.05) is 19.1 Å². The van der Waals surface area contributed by atoms with Crippen LogP contribution in [0.3, 0.4) is 0 Å². The van der Waals surface area contributed by atoms with E-state index in [4.69, 9.17) is 25.5 Å². The number of amides is 1. The van der Waals surface area contributed by atoms with Gasteiger partial charge in [0.1, 0.15) is 18.0 Å². The Balaban J connectivity index is 1.47. The lowest BCUT2D eigenvalue weighted by molar-refractivity contribution is 0.0929. The fourth-order valence-corrected chi connectivity index (χ4v) is 3.83. The topological polar surface area (TPSA) is 73.1 Å². The highest BCUT2D eigenvalue weighted by molar-refractivity contribution is 9.10. The van der Waals surface area contributed by atoms with Crippen LogP contribution in [0, 0.1) is 5.82 Å². The normalized spacial score (nSPS) is 11.2. The van der Waals surface area contributed by atoms with Gasteiger partial charge in [-0.3, -0.25) is 4.79 Å². The molecular formula is C25H19BrClFN2O4. The van der Waals surface area contributed by atoms with Crippen molar-refractivity contribution >= 4 is 50.6 Å². The van der Waals surface area contributed by atoms with Crippen molar-refractivity contribution in [3.63, 3.8) is 0 Å². The zero-order valence-corrected chi connectivity index (χ0v) is 20.3. The molecule has 0 fully saturated rings. The SMILES string of the molecule is CCOc1cc(/C=N/NC(=O)c2cc3cc(Br)ccc3o2)cc(Cl)c1OCc1ccccc1F. The quantitative estimate of drug-likeness (QED) is 0.197. The minimum Gasteiger partial charge on any atom is -0.490 e. The Morgan fingerprint density at radius 3 is 2.79 bits per heavy atom. The van der Waals surface area contributed by atoms with Crippen LogP contribution >= 0.6 is 27.5 Å². The molecule has 9 heteroatoms. The van der Waals surface area contributed by atoms with Gasteiger partial charge in [0.2, 0.25) is 0 Å². The largest absolute Gasteiger partial charge is 0.490 e. The second kappa shape index (κ2) is 10.7. The number of rotatable bonds is 8. The van der Waals surface area contributed by atoms with E-state index in [2.05, 4.69) is 26.5 Å². The van der Waals surface area contributed by atoms with Gasteiger partial charge in [0, 0.05) is 15.4 Å². The first-order valence-electron chi connectivity index (χ1n) is 10.3. The smallest absolute Gasteiger partial charge is 0.307 e. The van der Waals surface area contributed by atoms with Crippen molar-refractivity contribution in [2.45, 2.75) is 13.5 Å². The Kier molecular flexibility index (Phi) is 7.49. The van der Waals surface area contributed by atoms with Gasteiger partial charge in [0.25, 0.3) is 0 Å². The maximum absolute atomic E-state index is 13.9. The molecule has 0 radical (unpaired) electrons. The van der Waals surface area contributed by atoms with Crippen molar-refractivity contribution in [3.8, 4) is 11.5 Å². The Hall–Kier alpha value is -3.36. The van der Waals surface area contributed by atoms with Gasteiger partial charge in [-0.2, -0.15) is 5.10 Å². The van der Waals surface area contributed by atoms with Crippen molar-refractivity contribution in [2.24, 2.45) is 5.10 Å². The number of fused-ring (bicyclic) bond motifs is 1. The molecule has 4 rings (SSSR count). The number of hydrogen-bond donors (Lipinski definition) is 1. The molecule has 0 saturated carbocycles. The number of halogens is 3. The van der Waals surface area contributed by atoms with E-state index in [1.54, 1.807) is 42.5 Å². The molecule has 1 N–H and O–H groups in total. The maximum Gasteiger partial charge on any atom is 0.307 e. The molecule has 0 saturated heterocycles. The lowest BCUT2D eigenvalue weighted by Gasteiger charge is -2.14. The summed E-state index contributed by atoms with van der Waals surface area (Å²) in [5.74, 6) is -0.0590. The first-order chi connectivity index (χ1) is 16.4. The number of ether oxygens (including phenoxy) is 2. The van der Waals surface area contributed by atoms with E-state index in [1.165, 1.54) is 12.3 Å². The van der Waals surface area contributed by atoms with E-state index < -0.39 is 5.91 Å². The monoisotopic (exact) mass is 544 g/mol. The van der Waals surface area contributed by atoms with Crippen LogP contribution in [0.4, 0.5) is 4.39 Å². The van der Waals surface area contributed by atoms with Gasteiger partial charge in [-0.1, -0.05) is 45.7 Å². The van der Waals surface area contributed by atoms with Gasteiger partial charge < -0.3 is 13.9 Å². The lowest BCUT2D eigenvalue weighted by atomic mass is 10.2. The summed E-state index contributed by atoms with van der Waals surface area (Å²) in [6, 6.07) is 16.7. The summed E-state index contributed by atoms with van der Waals surface area (Å²) in [6.07, 6.45) is 1.42. The molecule has 0 spiro atoms. The molecule has 3 aromatic carbocycles. The van der Waals surface area contributed by atoms with E-state index in [0.29, 0.717) is 34.8 Å². The number of benzene rings is 3. The molecule has 1 amide bonds. The van der Waals surface area contributed by atoms with Crippen molar-refractivity contribution in [2.75, 3.05) is 6.61 Å². The van der Waals surface area contributed by atoms with Crippen LogP contribution in [0.1, 0.15) is 28.6 Å². The third-order valence-electron chi connectivity index (χ3n) is 4.74. The van der Waals surface area contributed by atoms with E-state index >= 15 is 0 Å². The van der Waals surface area contributed by atoms with Gasteiger partial charge in [-0.05, 0) is 55.0 Å². The van der Waals surface area contributed by atoms with Crippen LogP contribution in [-0.4, -0.2) is 18.7 Å². The van der Waals surface area contributed by atoms with Crippen LogP contribution in [0.25, 0.3) is 11.0 Å². The third-order valence-corrected chi connectivity index (χ3v) is 5.52. The van der Waals surface area contributed by atoms with Gasteiger partial charge >= 0.3 is 5.91 Å². The molecular weight excluding hydrogens is 527 g/mol. The zero-order chi connectivity index (χ0) is 24.1. The van der Waals surface area contributed by atoms with Gasteiger partial charge in [0.15, 0.2) is 17.3 Å². The molecule has 1 aromatic heterocycles. The minimum atomic E-state index is -0.496. The third kappa shape index (κ3) is 5.58. The number of hydrogen-bond acceptors (Lipinski definition) is 5. The lowest BCUT2D eigenvalue weighted by Crippen LogP contribution is -2.16. The van der Waals surface area contributed by atoms with E-state index in [0.717, 1.165) is 9.86 Å². The summed E-state index contributed by atoms with van der Waals surface area (Å²) in [5, 5.41) is 5.04. The molecule has 0 bridgehead atoms. The molecule has 0 aliphatic carbocycles. The summed E-state index contributed by atoms with van der Waals surface area (Å²) >= 11 is 9.79. The van der Waals surface area contributed by atoms with Gasteiger partial charge in [-0.15, -0.1) is 0 Å². The van der Waals surface area contributed by atoms with Crippen LogP contribution in [0.2, 0.25) is 5.02 Å². The summed E-state index contributed by atoms with van der Waals surface area (Å²) in [5.41, 5.74) is 3.99. The number of nitrogens with zero attached hydrogens (tertiary/aromatic N) is 1. The zero-order valence-electron chi connectivity index (χ0n) is 18.0. The standard InChI is InChI=1S/C25H19BrClFN2O4/c1-2-32-22-10-15(9-19(27)24(22)33-14-16-5-3-4-6-20(16)28)13-29-30-25(31)23-12-17-11-18(26)7-8-21(17)34-23/h3-13H,2,14H2,1H3,(H,30,31)/b29-13+. The van der Waals surface area contributed by atoms with Crippen molar-refractivity contribution in [1.29, 1.82) is 0 Å². The Morgan fingerprint density at radius 1 is 1.18 bits per heavy atom. The molecule has 0 atom stereocenters. The Bertz CT molecular complexity index is 1370. The first kappa shape index (κ1) is 23.8. The highest BCUT2D eigenvalue weighted by Gasteiger charge is 2.14. The van der Waals surface area contributed by atoms with Crippen molar-refractivity contribution < 1.29 is 23.1 Å². The highest BCUT2D eigenvalue weighted by Crippen LogP contribution is 2.37. The van der Waals surface area contributed by atoms with Crippen molar-refractivity contribution in [3.05, 3.63) is 92.9 Å². The second-order valence-corrected chi connectivity index (χ2v) is 8.46. The number of carbonyl (C=O) groups is 1. The summed E-state index contributed by atoms with van der Waals surface area (Å²) in [7, 11) is 0. The van der Waals surface area contributed by atoms with E-state index in [-0.39, 0.29) is 23.2 Å². The molecule has 34 heavy (non-hydrogen) atoms. The summed E-state index contributed by atoms with van der Waals surface area (Å²) < 4.78 is 31.7. The average Bonchev–Trinajstić information content (AvgIpc) is 3.23. The minimum absolute atomic E-state index is 0.00989. The second-order valence-electron chi connectivity index (χ2n) is 7.14. The number of nitrogens with one attached hydrogen (secondary N) is 1. The molecule has 1 heterocycles. The van der Waals surface area contributed by atoms with E-state index in [9.17, 15) is 9.18 Å². The van der Waals surface area contributed by atoms with Crippen LogP contribution in [-0.2, 0) is 6.61 Å². The van der Waals surface area contributed by atoms with Crippen LogP contribution in [0.15, 0.2) is 74.7 Å². The fourth-order valence-electron chi connectivity index (χ4n) is 3.18. The number of carbonyl (C=O) groups excluding carboxylic acids is 1. The van der Waals surface area contributed by atoms with Gasteiger partial charge in [0.05, 0.1) is 17.8 Å². The maximum atomic E-state index is 13.9. The summed E-state index contributed by atoms with van der Waals surface area (Å²) in [4.78, 5) is 12.4. The van der Waals surface area contributed by atoms with Crippen molar-refractivity contribution in [1.82, 2.24) is 5.43 Å². The fraction of sp³-hybridized carbons (Fsp3) is 0.120. The highest BCUT2D eigenvalue weighted by atomic mass is 79.9. The first-order valence-corrected chi connectivity index (χ1v) is 11.5. The number of furan rings is 1. The molecule has 6 nitrogen and oxygen atoms in total. The molecule has 0 unspecified atom stereocenters. The predicted molar refractivity (Wildman–Crippen MR) is 132 cm³/mol. The average molecular weight is 546 g/mol. The van der Waals surface area contributed by atoms with Crippen LogP contribution < -0.4 is 14.9 Å². The number of hydrazone groups is 1. The Labute approximate surface area is 208 Å². The molecule has 174 valence electrons. The summed E-state index contributed by atoms with van der Waals surface area (Å²) in [6.45, 7) is 2.18. The van der Waals surface area contributed by atoms with Gasteiger partial charge in [-0.25, -0.2) is 9.82 Å².